The third-order valence-corrected chi connectivity index (χ3v) is 4.34. The molecule has 92 valence electrons. The van der Waals surface area contributed by atoms with Gasteiger partial charge in [0.25, 0.3) is 0 Å². The molecule has 0 aliphatic carbocycles. The van der Waals surface area contributed by atoms with Crippen LogP contribution >= 0.6 is 11.3 Å². The molecule has 0 aliphatic rings. The topological polar surface area (TPSA) is 25.2 Å². The van der Waals surface area contributed by atoms with Gasteiger partial charge in [-0.15, -0.1) is 11.3 Å². The number of nitrogens with one attached hydrogen (secondary N) is 1. The van der Waals surface area contributed by atoms with Crippen molar-refractivity contribution >= 4 is 11.3 Å². The molecule has 0 amide bonds. The van der Waals surface area contributed by atoms with E-state index < -0.39 is 0 Å². The van der Waals surface area contributed by atoms with Crippen molar-refractivity contribution in [2.24, 2.45) is 0 Å². The fraction of sp³-hybridized carbons (Fsp3) is 0.429. The molecule has 2 rings (SSSR count). The fourth-order valence-electron chi connectivity index (χ4n) is 1.79. The summed E-state index contributed by atoms with van der Waals surface area (Å²) in [7, 11) is 1.96. The molecule has 0 aliphatic heterocycles. The molecule has 0 saturated heterocycles. The van der Waals surface area contributed by atoms with E-state index in [1.54, 1.807) is 6.26 Å². The largest absolute Gasteiger partial charge is 0.467 e. The van der Waals surface area contributed by atoms with Crippen LogP contribution in [0.4, 0.5) is 0 Å². The van der Waals surface area contributed by atoms with Gasteiger partial charge in [-0.3, -0.25) is 0 Å². The van der Waals surface area contributed by atoms with Crippen molar-refractivity contribution < 1.29 is 4.42 Å². The van der Waals surface area contributed by atoms with Crippen LogP contribution in [0.1, 0.15) is 42.3 Å². The molecule has 2 heterocycles. The van der Waals surface area contributed by atoms with Gasteiger partial charge in [-0.05, 0) is 36.7 Å². The second-order valence-corrected chi connectivity index (χ2v) is 6.30. The maximum absolute atomic E-state index is 5.48. The monoisotopic (exact) mass is 249 g/mol. The van der Waals surface area contributed by atoms with Gasteiger partial charge in [-0.25, -0.2) is 0 Å². The van der Waals surface area contributed by atoms with Crippen LogP contribution in [0, 0.1) is 0 Å². The smallest absolute Gasteiger partial charge is 0.126 e. The first-order valence-corrected chi connectivity index (χ1v) is 6.65. The molecule has 1 unspecified atom stereocenters. The minimum absolute atomic E-state index is 0.158. The Kier molecular flexibility index (Phi) is 3.40. The predicted octanol–water partition coefficient (Wildman–Crippen LogP) is 3.95. The van der Waals surface area contributed by atoms with Gasteiger partial charge in [-0.2, -0.15) is 0 Å². The molecule has 0 fully saturated rings. The van der Waals surface area contributed by atoms with Gasteiger partial charge in [-0.1, -0.05) is 20.8 Å². The summed E-state index contributed by atoms with van der Waals surface area (Å²) in [6.07, 6.45) is 1.72. The Morgan fingerprint density at radius 2 is 2.00 bits per heavy atom. The molecule has 1 atom stereocenters. The predicted molar refractivity (Wildman–Crippen MR) is 72.6 cm³/mol. The summed E-state index contributed by atoms with van der Waals surface area (Å²) in [4.78, 5) is 2.70. The molecular formula is C14H19NOS. The van der Waals surface area contributed by atoms with Gasteiger partial charge in [0.2, 0.25) is 0 Å². The lowest BCUT2D eigenvalue weighted by molar-refractivity contribution is 0.466. The van der Waals surface area contributed by atoms with E-state index in [1.807, 2.05) is 30.5 Å². The highest BCUT2D eigenvalue weighted by atomic mass is 32.1. The molecular weight excluding hydrogens is 230 g/mol. The Morgan fingerprint density at radius 3 is 2.47 bits per heavy atom. The first-order valence-electron chi connectivity index (χ1n) is 5.83. The first kappa shape index (κ1) is 12.4. The molecule has 1 N–H and O–H groups in total. The maximum atomic E-state index is 5.48. The quantitative estimate of drug-likeness (QED) is 0.891. The second kappa shape index (κ2) is 4.67. The first-order chi connectivity index (χ1) is 8.02. The summed E-state index contributed by atoms with van der Waals surface area (Å²) in [5.74, 6) is 0.967. The van der Waals surface area contributed by atoms with Gasteiger partial charge >= 0.3 is 0 Å². The average Bonchev–Trinajstić information content (AvgIpc) is 2.87. The number of furan rings is 1. The molecule has 17 heavy (non-hydrogen) atoms. The van der Waals surface area contributed by atoms with Gasteiger partial charge < -0.3 is 9.73 Å². The van der Waals surface area contributed by atoms with Crippen molar-refractivity contribution in [1.29, 1.82) is 0 Å². The zero-order chi connectivity index (χ0) is 12.5. The highest BCUT2D eigenvalue weighted by Crippen LogP contribution is 2.34. The van der Waals surface area contributed by atoms with Crippen molar-refractivity contribution in [2.45, 2.75) is 32.2 Å². The Bertz CT molecular complexity index is 465. The summed E-state index contributed by atoms with van der Waals surface area (Å²) in [5.41, 5.74) is 0.213. The van der Waals surface area contributed by atoms with Crippen LogP contribution in [-0.2, 0) is 5.41 Å². The van der Waals surface area contributed by atoms with E-state index in [4.69, 9.17) is 4.42 Å². The highest BCUT2D eigenvalue weighted by molar-refractivity contribution is 7.12. The third-order valence-electron chi connectivity index (χ3n) is 2.77. The summed E-state index contributed by atoms with van der Waals surface area (Å²) in [6.45, 7) is 6.72. The van der Waals surface area contributed by atoms with E-state index in [0.717, 1.165) is 5.76 Å². The SMILES string of the molecule is CNC(c1ccco1)c1ccc(C(C)(C)C)s1. The van der Waals surface area contributed by atoms with Crippen LogP contribution in [-0.4, -0.2) is 7.05 Å². The van der Waals surface area contributed by atoms with E-state index in [1.165, 1.54) is 9.75 Å². The zero-order valence-corrected chi connectivity index (χ0v) is 11.6. The zero-order valence-electron chi connectivity index (χ0n) is 10.8. The molecule has 3 heteroatoms. The van der Waals surface area contributed by atoms with Crippen LogP contribution in [0.25, 0.3) is 0 Å². The van der Waals surface area contributed by atoms with Crippen molar-refractivity contribution in [3.05, 3.63) is 46.0 Å². The number of rotatable bonds is 3. The lowest BCUT2D eigenvalue weighted by atomic mass is 9.95. The van der Waals surface area contributed by atoms with Gasteiger partial charge in [0, 0.05) is 9.75 Å². The Hall–Kier alpha value is -1.06. The summed E-state index contributed by atoms with van der Waals surface area (Å²) in [6, 6.07) is 8.50. The standard InChI is InChI=1S/C14H19NOS/c1-14(2,3)12-8-7-11(17-12)13(15-4)10-6-5-9-16-10/h5-9,13,15H,1-4H3. The molecule has 0 radical (unpaired) electrons. The van der Waals surface area contributed by atoms with Crippen LogP contribution < -0.4 is 5.32 Å². The lowest BCUT2D eigenvalue weighted by Gasteiger charge is -2.16. The van der Waals surface area contributed by atoms with Crippen molar-refractivity contribution in [3.8, 4) is 0 Å². The summed E-state index contributed by atoms with van der Waals surface area (Å²) < 4.78 is 5.48. The lowest BCUT2D eigenvalue weighted by Crippen LogP contribution is -2.15. The number of hydrogen-bond acceptors (Lipinski definition) is 3. The van der Waals surface area contributed by atoms with Gasteiger partial charge in [0.15, 0.2) is 0 Å². The summed E-state index contributed by atoms with van der Waals surface area (Å²) >= 11 is 1.85. The average molecular weight is 249 g/mol. The molecule has 2 nitrogen and oxygen atoms in total. The minimum atomic E-state index is 0.158. The molecule has 2 aromatic rings. The Labute approximate surface area is 107 Å². The van der Waals surface area contributed by atoms with E-state index in [9.17, 15) is 0 Å². The molecule has 0 spiro atoms. The van der Waals surface area contributed by atoms with Crippen LogP contribution in [0.5, 0.6) is 0 Å². The molecule has 0 saturated carbocycles. The number of hydrogen-bond donors (Lipinski definition) is 1. The van der Waals surface area contributed by atoms with E-state index in [-0.39, 0.29) is 11.5 Å². The second-order valence-electron chi connectivity index (χ2n) is 5.19. The van der Waals surface area contributed by atoms with E-state index >= 15 is 0 Å². The van der Waals surface area contributed by atoms with Crippen LogP contribution in [0.3, 0.4) is 0 Å². The van der Waals surface area contributed by atoms with Crippen molar-refractivity contribution in [2.75, 3.05) is 7.05 Å². The molecule has 0 bridgehead atoms. The Balaban J connectivity index is 2.30. The third kappa shape index (κ3) is 2.61. The van der Waals surface area contributed by atoms with E-state index in [0.29, 0.717) is 0 Å². The minimum Gasteiger partial charge on any atom is -0.467 e. The normalized spacial score (nSPS) is 13.9. The van der Waals surface area contributed by atoms with Gasteiger partial charge in [0.1, 0.15) is 11.8 Å². The van der Waals surface area contributed by atoms with Crippen molar-refractivity contribution in [1.82, 2.24) is 5.32 Å². The number of thiophene rings is 1. The molecule has 0 aromatic carbocycles. The molecule has 2 aromatic heterocycles. The maximum Gasteiger partial charge on any atom is 0.126 e. The van der Waals surface area contributed by atoms with E-state index in [2.05, 4.69) is 38.2 Å². The van der Waals surface area contributed by atoms with Crippen LogP contribution in [0.15, 0.2) is 34.9 Å². The fourth-order valence-corrected chi connectivity index (χ4v) is 2.98. The Morgan fingerprint density at radius 1 is 1.24 bits per heavy atom. The highest BCUT2D eigenvalue weighted by Gasteiger charge is 2.21. The summed E-state index contributed by atoms with van der Waals surface area (Å²) in [5, 5.41) is 3.30. The van der Waals surface area contributed by atoms with Gasteiger partial charge in [0.05, 0.1) is 6.26 Å². The van der Waals surface area contributed by atoms with Crippen molar-refractivity contribution in [3.63, 3.8) is 0 Å². The van der Waals surface area contributed by atoms with Crippen LogP contribution in [0.2, 0.25) is 0 Å².